The first kappa shape index (κ1) is 64.3. The normalized spacial score (nSPS) is 13.2. The Morgan fingerprint density at radius 1 is 0.338 bits per heavy atom. The van der Waals surface area contributed by atoms with Crippen LogP contribution >= 0.6 is 0 Å². The standard InChI is InChI=1S/C63H104O5/c1-4-7-10-13-16-19-22-25-28-31-32-34-36-39-42-45-48-51-54-57-63(65)68-61(59-66-58-55-52-49-46-43-40-37-30-27-24-21-18-15-12-9-6-3)60-67-62(64)56-53-50-47-44-41-38-35-33-29-26-23-20-17-14-11-8-5-2/h8,11,16-17,19-20,25-26,28-29,32,34-35,38-39,42,44,47-48,51,61H,4-7,9-10,12-15,18,21-24,27,30-31,33,36-37,40-41,43,45-46,49-50,52-60H2,1-3H3/b11-8-,19-16-,20-17-,28-25-,29-26-,34-32-,38-35-,42-39-,47-44-,51-48-/t61-/m1/s1. The van der Waals surface area contributed by atoms with Gasteiger partial charge in [-0.25, -0.2) is 0 Å². The van der Waals surface area contributed by atoms with E-state index in [2.05, 4.69) is 136 Å². The van der Waals surface area contributed by atoms with Crippen LogP contribution in [-0.2, 0) is 23.8 Å². The van der Waals surface area contributed by atoms with Crippen LogP contribution in [0.5, 0.6) is 0 Å². The lowest BCUT2D eigenvalue weighted by molar-refractivity contribution is -0.162. The molecule has 0 unspecified atom stereocenters. The van der Waals surface area contributed by atoms with Crippen molar-refractivity contribution in [3.05, 3.63) is 122 Å². The highest BCUT2D eigenvalue weighted by atomic mass is 16.6. The number of carbonyl (C=O) groups is 2. The van der Waals surface area contributed by atoms with Crippen LogP contribution in [0.15, 0.2) is 122 Å². The van der Waals surface area contributed by atoms with Crippen molar-refractivity contribution < 1.29 is 23.8 Å². The van der Waals surface area contributed by atoms with Gasteiger partial charge in [-0.2, -0.15) is 0 Å². The summed E-state index contributed by atoms with van der Waals surface area (Å²) in [4.78, 5) is 25.4. The molecule has 0 saturated heterocycles. The lowest BCUT2D eigenvalue weighted by atomic mass is 10.0. The molecule has 0 bridgehead atoms. The van der Waals surface area contributed by atoms with Gasteiger partial charge in [0.05, 0.1) is 6.61 Å². The van der Waals surface area contributed by atoms with Gasteiger partial charge in [-0.05, 0) is 96.3 Å². The summed E-state index contributed by atoms with van der Waals surface area (Å²) in [5.41, 5.74) is 0. The molecule has 0 aliphatic heterocycles. The van der Waals surface area contributed by atoms with Crippen molar-refractivity contribution in [2.75, 3.05) is 19.8 Å². The fourth-order valence-corrected chi connectivity index (χ4v) is 7.35. The van der Waals surface area contributed by atoms with Crippen LogP contribution < -0.4 is 0 Å². The highest BCUT2D eigenvalue weighted by Gasteiger charge is 2.17. The quantitative estimate of drug-likeness (QED) is 0.0345. The van der Waals surface area contributed by atoms with E-state index in [9.17, 15) is 9.59 Å². The van der Waals surface area contributed by atoms with Crippen molar-refractivity contribution in [3.63, 3.8) is 0 Å². The second-order valence-electron chi connectivity index (χ2n) is 18.1. The Morgan fingerprint density at radius 3 is 1.12 bits per heavy atom. The van der Waals surface area contributed by atoms with Crippen molar-refractivity contribution in [2.24, 2.45) is 0 Å². The van der Waals surface area contributed by atoms with Gasteiger partial charge in [-0.15, -0.1) is 0 Å². The van der Waals surface area contributed by atoms with Crippen LogP contribution in [0.1, 0.15) is 239 Å². The number of hydrogen-bond donors (Lipinski definition) is 0. The lowest BCUT2D eigenvalue weighted by Crippen LogP contribution is -2.30. The summed E-state index contributed by atoms with van der Waals surface area (Å²) in [6.45, 7) is 7.55. The van der Waals surface area contributed by atoms with E-state index in [0.717, 1.165) is 83.5 Å². The molecule has 0 amide bonds. The van der Waals surface area contributed by atoms with E-state index < -0.39 is 6.10 Å². The summed E-state index contributed by atoms with van der Waals surface area (Å²) in [6, 6.07) is 0. The minimum atomic E-state index is -0.605. The summed E-state index contributed by atoms with van der Waals surface area (Å²) in [5.74, 6) is -0.561. The Balaban J connectivity index is 4.49. The van der Waals surface area contributed by atoms with Crippen LogP contribution in [-0.4, -0.2) is 37.9 Å². The maximum atomic E-state index is 12.8. The smallest absolute Gasteiger partial charge is 0.306 e. The minimum absolute atomic E-state index is 0.0209. The van der Waals surface area contributed by atoms with E-state index in [1.54, 1.807) is 0 Å². The summed E-state index contributed by atoms with van der Waals surface area (Å²) in [5, 5.41) is 0. The van der Waals surface area contributed by atoms with Crippen molar-refractivity contribution in [3.8, 4) is 0 Å². The van der Waals surface area contributed by atoms with Crippen molar-refractivity contribution >= 4 is 11.9 Å². The maximum Gasteiger partial charge on any atom is 0.306 e. The first-order chi connectivity index (χ1) is 33.6. The molecule has 0 aliphatic rings. The molecule has 0 aromatic carbocycles. The van der Waals surface area contributed by atoms with Gasteiger partial charge in [0.25, 0.3) is 0 Å². The molecule has 1 atom stereocenters. The predicted octanol–water partition coefficient (Wildman–Crippen LogP) is 19.3. The van der Waals surface area contributed by atoms with Gasteiger partial charge in [-0.1, -0.05) is 251 Å². The Labute approximate surface area is 420 Å². The number of rotatable bonds is 50. The third kappa shape index (κ3) is 54.9. The first-order valence-electron chi connectivity index (χ1n) is 28.1. The van der Waals surface area contributed by atoms with E-state index in [-0.39, 0.29) is 31.6 Å². The Hall–Kier alpha value is -3.70. The average Bonchev–Trinajstić information content (AvgIpc) is 3.34. The zero-order valence-electron chi connectivity index (χ0n) is 44.3. The number of allylic oxidation sites excluding steroid dienone is 20. The largest absolute Gasteiger partial charge is 0.462 e. The summed E-state index contributed by atoms with van der Waals surface area (Å²) >= 11 is 0. The van der Waals surface area contributed by atoms with Crippen molar-refractivity contribution in [2.45, 2.75) is 245 Å². The molecule has 0 radical (unpaired) electrons. The summed E-state index contributed by atoms with van der Waals surface area (Å²) in [7, 11) is 0. The first-order valence-corrected chi connectivity index (χ1v) is 28.1. The van der Waals surface area contributed by atoms with Gasteiger partial charge in [-0.3, -0.25) is 9.59 Å². The predicted molar refractivity (Wildman–Crippen MR) is 297 cm³/mol. The number of unbranched alkanes of at least 4 members (excludes halogenated alkanes) is 19. The molecule has 5 nitrogen and oxygen atoms in total. The fourth-order valence-electron chi connectivity index (χ4n) is 7.35. The number of ether oxygens (including phenoxy) is 3. The summed E-state index contributed by atoms with van der Waals surface area (Å²) in [6.07, 6.45) is 80.9. The molecule has 386 valence electrons. The molecule has 0 aliphatic carbocycles. The zero-order valence-corrected chi connectivity index (χ0v) is 44.3. The minimum Gasteiger partial charge on any atom is -0.462 e. The molecule has 0 aromatic heterocycles. The number of carbonyl (C=O) groups excluding carboxylic acids is 2. The van der Waals surface area contributed by atoms with Crippen molar-refractivity contribution in [1.29, 1.82) is 0 Å². The SMILES string of the molecule is CC/C=C\C/C=C\C/C=C\C/C=C\C/C=C\CCCC(=O)OC[C@@H](COCCCCCCCCCCCCCCCCCC)OC(=O)CC/C=C\C/C=C\C/C=C\C/C=C\C/C=C\CCCCC. The van der Waals surface area contributed by atoms with Gasteiger partial charge in [0.2, 0.25) is 0 Å². The molecule has 0 fully saturated rings. The van der Waals surface area contributed by atoms with Gasteiger partial charge < -0.3 is 14.2 Å². The third-order valence-corrected chi connectivity index (χ3v) is 11.5. The molecule has 0 spiro atoms. The summed E-state index contributed by atoms with van der Waals surface area (Å²) < 4.78 is 17.3. The van der Waals surface area contributed by atoms with Crippen molar-refractivity contribution in [1.82, 2.24) is 0 Å². The molecular formula is C63H104O5. The van der Waals surface area contributed by atoms with Crippen LogP contribution in [0.25, 0.3) is 0 Å². The van der Waals surface area contributed by atoms with E-state index >= 15 is 0 Å². The third-order valence-electron chi connectivity index (χ3n) is 11.5. The number of esters is 2. The van der Waals surface area contributed by atoms with Gasteiger partial charge in [0.15, 0.2) is 6.10 Å². The highest BCUT2D eigenvalue weighted by Crippen LogP contribution is 2.14. The molecule has 0 heterocycles. The molecule has 0 aromatic rings. The van der Waals surface area contributed by atoms with Crippen LogP contribution in [0, 0.1) is 0 Å². The number of hydrogen-bond acceptors (Lipinski definition) is 5. The lowest BCUT2D eigenvalue weighted by Gasteiger charge is -2.18. The molecule has 0 saturated carbocycles. The van der Waals surface area contributed by atoms with E-state index in [4.69, 9.17) is 14.2 Å². The van der Waals surface area contributed by atoms with Gasteiger partial charge in [0, 0.05) is 19.4 Å². The van der Waals surface area contributed by atoms with E-state index in [1.165, 1.54) is 116 Å². The van der Waals surface area contributed by atoms with E-state index in [0.29, 0.717) is 19.4 Å². The van der Waals surface area contributed by atoms with Crippen LogP contribution in [0.3, 0.4) is 0 Å². The fraction of sp³-hybridized carbons (Fsp3) is 0.651. The topological polar surface area (TPSA) is 61.8 Å². The monoisotopic (exact) mass is 941 g/mol. The molecule has 0 rings (SSSR count). The van der Waals surface area contributed by atoms with Crippen LogP contribution in [0.2, 0.25) is 0 Å². The maximum absolute atomic E-state index is 12.8. The second kappa shape index (κ2) is 57.6. The molecule has 5 heteroatoms. The van der Waals surface area contributed by atoms with Gasteiger partial charge >= 0.3 is 11.9 Å². The molecule has 68 heavy (non-hydrogen) atoms. The Kier molecular flexibility index (Phi) is 54.5. The van der Waals surface area contributed by atoms with Crippen LogP contribution in [0.4, 0.5) is 0 Å². The zero-order chi connectivity index (χ0) is 49.2. The second-order valence-corrected chi connectivity index (χ2v) is 18.1. The average molecular weight is 942 g/mol. The highest BCUT2D eigenvalue weighted by molar-refractivity contribution is 5.70. The Morgan fingerprint density at radius 2 is 0.691 bits per heavy atom. The van der Waals surface area contributed by atoms with E-state index in [1.807, 2.05) is 6.08 Å². The molecule has 0 N–H and O–H groups in total. The molecular weight excluding hydrogens is 837 g/mol. The van der Waals surface area contributed by atoms with Gasteiger partial charge in [0.1, 0.15) is 6.61 Å². The Bertz CT molecular complexity index is 1390.